The summed E-state index contributed by atoms with van der Waals surface area (Å²) in [6.45, 7) is 1.39. The Morgan fingerprint density at radius 1 is 1.19 bits per heavy atom. The van der Waals surface area contributed by atoms with Crippen LogP contribution in [0.2, 0.25) is 0 Å². The van der Waals surface area contributed by atoms with Gasteiger partial charge in [-0.1, -0.05) is 30.3 Å². The van der Waals surface area contributed by atoms with Gasteiger partial charge in [-0.15, -0.1) is 12.4 Å². The van der Waals surface area contributed by atoms with E-state index in [1.807, 2.05) is 0 Å². The maximum atomic E-state index is 12.3. The predicted octanol–water partition coefficient (Wildman–Crippen LogP) is 4.25. The van der Waals surface area contributed by atoms with Crippen LogP contribution in [0.15, 0.2) is 42.5 Å². The number of rotatable bonds is 5. The SMILES string of the molecule is Cl.FC(F)Oc1ccc(C2CN(Cc3cccc4c3NCC4)CCO2)cc1. The number of hydrogen-bond acceptors (Lipinski definition) is 4. The number of hydrogen-bond donors (Lipinski definition) is 1. The first-order valence-corrected chi connectivity index (χ1v) is 8.92. The standard InChI is InChI=1S/C20H22F2N2O2.ClH/c21-20(22)26-17-6-4-14(5-7-17)18-13-24(10-11-25-18)12-16-3-1-2-15-8-9-23-19(15)16;/h1-7,18,20,23H,8-13H2;1H. The van der Waals surface area contributed by atoms with Gasteiger partial charge in [-0.25, -0.2) is 0 Å². The number of benzene rings is 2. The highest BCUT2D eigenvalue weighted by molar-refractivity contribution is 5.85. The average molecular weight is 397 g/mol. The monoisotopic (exact) mass is 396 g/mol. The number of para-hydroxylation sites is 1. The van der Waals surface area contributed by atoms with Gasteiger partial charge in [0.25, 0.3) is 0 Å². The number of fused-ring (bicyclic) bond motifs is 1. The van der Waals surface area contributed by atoms with Crippen LogP contribution in [0.3, 0.4) is 0 Å². The molecule has 1 N–H and O–H groups in total. The highest BCUT2D eigenvalue weighted by Gasteiger charge is 2.24. The lowest BCUT2D eigenvalue weighted by Crippen LogP contribution is -2.37. The van der Waals surface area contributed by atoms with Gasteiger partial charge in [0, 0.05) is 31.9 Å². The molecule has 4 nitrogen and oxygen atoms in total. The van der Waals surface area contributed by atoms with Crippen molar-refractivity contribution in [3.63, 3.8) is 0 Å². The molecule has 27 heavy (non-hydrogen) atoms. The Bertz CT molecular complexity index is 758. The summed E-state index contributed by atoms with van der Waals surface area (Å²) in [5.41, 5.74) is 4.97. The third-order valence-corrected chi connectivity index (χ3v) is 4.95. The largest absolute Gasteiger partial charge is 0.435 e. The van der Waals surface area contributed by atoms with Crippen LogP contribution in [0.5, 0.6) is 5.75 Å². The molecule has 2 aromatic carbocycles. The molecule has 7 heteroatoms. The second-order valence-corrected chi connectivity index (χ2v) is 6.67. The fourth-order valence-electron chi connectivity index (χ4n) is 3.70. The Morgan fingerprint density at radius 3 is 2.78 bits per heavy atom. The van der Waals surface area contributed by atoms with Crippen molar-refractivity contribution in [1.82, 2.24) is 4.90 Å². The third-order valence-electron chi connectivity index (χ3n) is 4.95. The smallest absolute Gasteiger partial charge is 0.387 e. The molecule has 0 saturated carbocycles. The first-order valence-electron chi connectivity index (χ1n) is 8.92. The summed E-state index contributed by atoms with van der Waals surface area (Å²) in [4.78, 5) is 2.38. The predicted molar refractivity (Wildman–Crippen MR) is 103 cm³/mol. The zero-order valence-corrected chi connectivity index (χ0v) is 15.7. The van der Waals surface area contributed by atoms with E-state index in [-0.39, 0.29) is 24.3 Å². The van der Waals surface area contributed by atoms with Crippen molar-refractivity contribution in [1.29, 1.82) is 0 Å². The highest BCUT2D eigenvalue weighted by atomic mass is 35.5. The lowest BCUT2D eigenvalue weighted by molar-refractivity contribution is -0.0500. The van der Waals surface area contributed by atoms with Crippen molar-refractivity contribution in [2.45, 2.75) is 25.7 Å². The van der Waals surface area contributed by atoms with Gasteiger partial charge < -0.3 is 14.8 Å². The number of morpholine rings is 1. The Kier molecular flexibility index (Phi) is 6.52. The van der Waals surface area contributed by atoms with Gasteiger partial charge in [-0.05, 0) is 35.2 Å². The van der Waals surface area contributed by atoms with Crippen molar-refractivity contribution >= 4 is 18.1 Å². The zero-order valence-electron chi connectivity index (χ0n) is 14.9. The molecule has 1 unspecified atom stereocenters. The van der Waals surface area contributed by atoms with Crippen molar-refractivity contribution in [2.75, 3.05) is 31.6 Å². The number of nitrogens with zero attached hydrogens (tertiary/aromatic N) is 1. The van der Waals surface area contributed by atoms with Crippen molar-refractivity contribution in [2.24, 2.45) is 0 Å². The molecular formula is C20H23ClF2N2O2. The Labute approximate surface area is 163 Å². The van der Waals surface area contributed by atoms with Gasteiger partial charge in [0.2, 0.25) is 0 Å². The molecule has 4 rings (SSSR count). The summed E-state index contributed by atoms with van der Waals surface area (Å²) in [5.74, 6) is 0.169. The molecule has 2 aromatic rings. The van der Waals surface area contributed by atoms with Gasteiger partial charge >= 0.3 is 6.61 Å². The van der Waals surface area contributed by atoms with Crippen LogP contribution in [-0.4, -0.2) is 37.8 Å². The molecule has 0 aliphatic carbocycles. The van der Waals surface area contributed by atoms with Gasteiger partial charge in [-0.2, -0.15) is 8.78 Å². The normalized spacial score (nSPS) is 19.3. The number of anilines is 1. The summed E-state index contributed by atoms with van der Waals surface area (Å²) in [6.07, 6.45) is 1.02. The molecule has 1 atom stereocenters. The second-order valence-electron chi connectivity index (χ2n) is 6.67. The van der Waals surface area contributed by atoms with Crippen LogP contribution in [0.1, 0.15) is 22.8 Å². The summed E-state index contributed by atoms with van der Waals surface area (Å²) >= 11 is 0. The minimum atomic E-state index is -2.80. The molecule has 2 aliphatic heterocycles. The topological polar surface area (TPSA) is 33.7 Å². The lowest BCUT2D eigenvalue weighted by Gasteiger charge is -2.33. The van der Waals surface area contributed by atoms with Gasteiger partial charge in [-0.3, -0.25) is 4.90 Å². The first-order chi connectivity index (χ1) is 12.7. The molecule has 0 aromatic heterocycles. The molecule has 2 heterocycles. The molecule has 2 aliphatic rings. The Hall–Kier alpha value is -1.89. The van der Waals surface area contributed by atoms with E-state index in [1.165, 1.54) is 16.8 Å². The molecule has 0 radical (unpaired) electrons. The van der Waals surface area contributed by atoms with Gasteiger partial charge in [0.1, 0.15) is 5.75 Å². The van der Waals surface area contributed by atoms with Crippen LogP contribution < -0.4 is 10.1 Å². The second kappa shape index (κ2) is 8.87. The van der Waals surface area contributed by atoms with Crippen LogP contribution in [-0.2, 0) is 17.7 Å². The van der Waals surface area contributed by atoms with E-state index in [0.29, 0.717) is 6.61 Å². The van der Waals surface area contributed by atoms with E-state index >= 15 is 0 Å². The van der Waals surface area contributed by atoms with Gasteiger partial charge in [0.15, 0.2) is 0 Å². The number of nitrogens with one attached hydrogen (secondary N) is 1. The maximum absolute atomic E-state index is 12.3. The number of ether oxygens (including phenoxy) is 2. The maximum Gasteiger partial charge on any atom is 0.387 e. The molecule has 1 saturated heterocycles. The fraction of sp³-hybridized carbons (Fsp3) is 0.400. The van der Waals surface area contributed by atoms with E-state index < -0.39 is 6.61 Å². The van der Waals surface area contributed by atoms with E-state index in [9.17, 15) is 8.78 Å². The van der Waals surface area contributed by atoms with Crippen molar-refractivity contribution in [3.05, 3.63) is 59.2 Å². The quantitative estimate of drug-likeness (QED) is 0.819. The first kappa shape index (κ1) is 19.9. The minimum Gasteiger partial charge on any atom is -0.435 e. The van der Waals surface area contributed by atoms with Crippen molar-refractivity contribution in [3.8, 4) is 5.75 Å². The fourth-order valence-corrected chi connectivity index (χ4v) is 3.70. The third kappa shape index (κ3) is 4.69. The lowest BCUT2D eigenvalue weighted by atomic mass is 10.0. The van der Waals surface area contributed by atoms with Crippen LogP contribution in [0.4, 0.5) is 14.5 Å². The molecule has 0 spiro atoms. The Morgan fingerprint density at radius 2 is 2.00 bits per heavy atom. The summed E-state index contributed by atoms with van der Waals surface area (Å²) in [7, 11) is 0. The van der Waals surface area contributed by atoms with Crippen LogP contribution in [0.25, 0.3) is 0 Å². The van der Waals surface area contributed by atoms with Crippen molar-refractivity contribution < 1.29 is 18.3 Å². The summed E-state index contributed by atoms with van der Waals surface area (Å²) < 4.78 is 34.8. The molecule has 0 amide bonds. The van der Waals surface area contributed by atoms with E-state index in [4.69, 9.17) is 4.74 Å². The highest BCUT2D eigenvalue weighted by Crippen LogP contribution is 2.30. The van der Waals surface area contributed by atoms with E-state index in [1.54, 1.807) is 24.3 Å². The minimum absolute atomic E-state index is 0. The molecular weight excluding hydrogens is 374 g/mol. The summed E-state index contributed by atoms with van der Waals surface area (Å²) in [5, 5.41) is 3.49. The molecule has 0 bridgehead atoms. The average Bonchev–Trinajstić information content (AvgIpc) is 3.12. The molecule has 1 fully saturated rings. The van der Waals surface area contributed by atoms with E-state index in [0.717, 1.165) is 38.2 Å². The van der Waals surface area contributed by atoms with Gasteiger partial charge in [0.05, 0.1) is 12.7 Å². The molecule has 146 valence electrons. The van der Waals surface area contributed by atoms with E-state index in [2.05, 4.69) is 33.2 Å². The zero-order chi connectivity index (χ0) is 17.9. The number of halogens is 3. The Balaban J connectivity index is 0.00000210. The summed E-state index contributed by atoms with van der Waals surface area (Å²) in [6, 6.07) is 13.2. The number of alkyl halides is 2. The van der Waals surface area contributed by atoms with Crippen LogP contribution >= 0.6 is 12.4 Å². The van der Waals surface area contributed by atoms with Crippen LogP contribution in [0, 0.1) is 0 Å².